The largest absolute Gasteiger partial charge is 0.381 e. The number of aromatic nitrogens is 2. The molecule has 35 heavy (non-hydrogen) atoms. The molecule has 0 atom stereocenters. The van der Waals surface area contributed by atoms with Crippen molar-refractivity contribution in [2.75, 3.05) is 42.7 Å². The number of carbonyl (C=O) groups is 1. The van der Waals surface area contributed by atoms with E-state index in [0.29, 0.717) is 28.5 Å². The number of benzene rings is 1. The van der Waals surface area contributed by atoms with Crippen LogP contribution in [0.4, 0.5) is 23.0 Å². The number of nitrogens with zero attached hydrogens (tertiary/aromatic N) is 5. The van der Waals surface area contributed by atoms with Gasteiger partial charge in [0.2, 0.25) is 0 Å². The molecule has 3 heterocycles. The van der Waals surface area contributed by atoms with Gasteiger partial charge in [0, 0.05) is 49.8 Å². The Morgan fingerprint density at radius 3 is 2.43 bits per heavy atom. The lowest BCUT2D eigenvalue weighted by atomic mass is 10.0. The smallest absolute Gasteiger partial charge is 0.252 e. The van der Waals surface area contributed by atoms with E-state index in [0.717, 1.165) is 43.7 Å². The van der Waals surface area contributed by atoms with Crippen LogP contribution in [-0.2, 0) is 6.54 Å². The van der Waals surface area contributed by atoms with E-state index in [1.54, 1.807) is 0 Å². The first-order chi connectivity index (χ1) is 16.9. The van der Waals surface area contributed by atoms with E-state index in [2.05, 4.69) is 36.5 Å². The third-order valence-corrected chi connectivity index (χ3v) is 5.97. The minimum atomic E-state index is -0.521. The standard InChI is InChI=1S/C26H30N8O/c1-33(2)17-19-5-8-24(29-15-19)32-25-13-23(22(16-30-25)26(28)35)31-20-9-11-34(12-10-20)21-6-3-18(14-27)4-7-21/h3-8,13,15-16,20H,9-12,17H2,1-2H3,(H2,28,35)(H2,29,30,31,32). The molecule has 1 aliphatic heterocycles. The molecule has 9 nitrogen and oxygen atoms in total. The zero-order valence-electron chi connectivity index (χ0n) is 20.0. The first-order valence-corrected chi connectivity index (χ1v) is 11.6. The van der Waals surface area contributed by atoms with Crippen LogP contribution in [0.15, 0.2) is 54.9 Å². The van der Waals surface area contributed by atoms with Crippen molar-refractivity contribution in [2.24, 2.45) is 5.73 Å². The highest BCUT2D eigenvalue weighted by Gasteiger charge is 2.21. The average molecular weight is 471 g/mol. The maximum absolute atomic E-state index is 12.0. The summed E-state index contributed by atoms with van der Waals surface area (Å²) in [6.45, 7) is 2.56. The Labute approximate surface area is 205 Å². The molecule has 0 radical (unpaired) electrons. The number of hydrogen-bond acceptors (Lipinski definition) is 8. The van der Waals surface area contributed by atoms with Gasteiger partial charge in [-0.3, -0.25) is 4.79 Å². The van der Waals surface area contributed by atoms with E-state index >= 15 is 0 Å². The number of carbonyl (C=O) groups excluding carboxylic acids is 1. The topological polar surface area (TPSA) is 123 Å². The summed E-state index contributed by atoms with van der Waals surface area (Å²) in [5.74, 6) is 0.738. The molecule has 9 heteroatoms. The second-order valence-corrected chi connectivity index (χ2v) is 8.96. The van der Waals surface area contributed by atoms with Gasteiger partial charge in [0.25, 0.3) is 5.91 Å². The van der Waals surface area contributed by atoms with E-state index in [1.165, 1.54) is 6.20 Å². The van der Waals surface area contributed by atoms with E-state index in [-0.39, 0.29) is 6.04 Å². The molecule has 1 aliphatic rings. The summed E-state index contributed by atoms with van der Waals surface area (Å²) in [6.07, 6.45) is 5.14. The summed E-state index contributed by atoms with van der Waals surface area (Å²) < 4.78 is 0. The van der Waals surface area contributed by atoms with E-state index in [1.807, 2.05) is 62.8 Å². The van der Waals surface area contributed by atoms with Crippen LogP contribution in [0.3, 0.4) is 0 Å². The van der Waals surface area contributed by atoms with Gasteiger partial charge < -0.3 is 26.2 Å². The molecule has 0 saturated carbocycles. The van der Waals surface area contributed by atoms with Gasteiger partial charge in [-0.2, -0.15) is 5.26 Å². The van der Waals surface area contributed by atoms with Crippen molar-refractivity contribution in [2.45, 2.75) is 25.4 Å². The number of amides is 1. The zero-order chi connectivity index (χ0) is 24.8. The van der Waals surface area contributed by atoms with Crippen molar-refractivity contribution >= 4 is 28.9 Å². The summed E-state index contributed by atoms with van der Waals surface area (Å²) in [5, 5.41) is 15.7. The molecule has 1 saturated heterocycles. The molecule has 4 rings (SSSR count). The van der Waals surface area contributed by atoms with Crippen LogP contribution < -0.4 is 21.3 Å². The third-order valence-electron chi connectivity index (χ3n) is 5.97. The van der Waals surface area contributed by atoms with E-state index in [9.17, 15) is 4.79 Å². The Balaban J connectivity index is 1.41. The number of piperidine rings is 1. The van der Waals surface area contributed by atoms with Gasteiger partial charge in [0.1, 0.15) is 11.6 Å². The highest BCUT2D eigenvalue weighted by atomic mass is 16.1. The van der Waals surface area contributed by atoms with Crippen LogP contribution in [0.25, 0.3) is 0 Å². The minimum Gasteiger partial charge on any atom is -0.381 e. The molecule has 4 N–H and O–H groups in total. The Bertz CT molecular complexity index is 1190. The molecule has 0 aliphatic carbocycles. The van der Waals surface area contributed by atoms with Crippen LogP contribution in [0, 0.1) is 11.3 Å². The number of anilines is 4. The third kappa shape index (κ3) is 6.25. The highest BCUT2D eigenvalue weighted by molar-refractivity contribution is 5.98. The predicted molar refractivity (Wildman–Crippen MR) is 138 cm³/mol. The fourth-order valence-electron chi connectivity index (χ4n) is 4.18. The molecular formula is C26H30N8O. The van der Waals surface area contributed by atoms with Crippen molar-refractivity contribution in [3.8, 4) is 6.07 Å². The summed E-state index contributed by atoms with van der Waals surface area (Å²) in [7, 11) is 4.03. The summed E-state index contributed by atoms with van der Waals surface area (Å²) in [6, 6.07) is 15.7. The van der Waals surface area contributed by atoms with Gasteiger partial charge in [0.15, 0.2) is 0 Å². The summed E-state index contributed by atoms with van der Waals surface area (Å²) in [4.78, 5) is 25.2. The number of nitriles is 1. The second kappa shape index (κ2) is 10.8. The Hall–Kier alpha value is -4.16. The van der Waals surface area contributed by atoms with Gasteiger partial charge in [-0.15, -0.1) is 0 Å². The molecule has 1 fully saturated rings. The number of primary amides is 1. The molecule has 0 bridgehead atoms. The van der Waals surface area contributed by atoms with Gasteiger partial charge in [0.05, 0.1) is 22.9 Å². The fraction of sp³-hybridized carbons (Fsp3) is 0.308. The van der Waals surface area contributed by atoms with Crippen molar-refractivity contribution in [1.82, 2.24) is 14.9 Å². The first-order valence-electron chi connectivity index (χ1n) is 11.6. The van der Waals surface area contributed by atoms with Crippen LogP contribution in [0.2, 0.25) is 0 Å². The number of rotatable bonds is 8. The quantitative estimate of drug-likeness (QED) is 0.458. The number of hydrogen-bond donors (Lipinski definition) is 3. The molecule has 2 aromatic heterocycles. The van der Waals surface area contributed by atoms with Crippen molar-refractivity contribution in [3.63, 3.8) is 0 Å². The van der Waals surface area contributed by atoms with Crippen LogP contribution in [0.5, 0.6) is 0 Å². The minimum absolute atomic E-state index is 0.196. The van der Waals surface area contributed by atoms with Crippen molar-refractivity contribution in [1.29, 1.82) is 5.26 Å². The highest BCUT2D eigenvalue weighted by Crippen LogP contribution is 2.26. The van der Waals surface area contributed by atoms with Gasteiger partial charge in [-0.1, -0.05) is 6.07 Å². The Kier molecular flexibility index (Phi) is 7.43. The number of pyridine rings is 2. The first kappa shape index (κ1) is 24.0. The van der Waals surface area contributed by atoms with Gasteiger partial charge in [-0.25, -0.2) is 9.97 Å². The lowest BCUT2D eigenvalue weighted by molar-refractivity contribution is 0.100. The van der Waals surface area contributed by atoms with Crippen molar-refractivity contribution < 1.29 is 4.79 Å². The SMILES string of the molecule is CN(C)Cc1ccc(Nc2cc(NC3CCN(c4ccc(C#N)cc4)CC3)c(C(N)=O)cn2)nc1. The molecule has 3 aromatic rings. The number of nitrogens with two attached hydrogens (primary N) is 1. The molecule has 1 amide bonds. The fourth-order valence-corrected chi connectivity index (χ4v) is 4.18. The van der Waals surface area contributed by atoms with Crippen molar-refractivity contribution in [3.05, 3.63) is 71.5 Å². The zero-order valence-corrected chi connectivity index (χ0v) is 20.0. The van der Waals surface area contributed by atoms with Gasteiger partial charge in [-0.05, 0) is 62.8 Å². The van der Waals surface area contributed by atoms with Crippen LogP contribution in [0.1, 0.15) is 34.3 Å². The monoisotopic (exact) mass is 470 g/mol. The number of nitrogens with one attached hydrogen (secondary N) is 2. The predicted octanol–water partition coefficient (Wildman–Crippen LogP) is 3.33. The summed E-state index contributed by atoms with van der Waals surface area (Å²) >= 11 is 0. The summed E-state index contributed by atoms with van der Waals surface area (Å²) in [5.41, 5.74) is 9.52. The molecule has 180 valence electrons. The maximum atomic E-state index is 12.0. The van der Waals surface area contributed by atoms with Crippen LogP contribution in [-0.4, -0.2) is 54.0 Å². The Morgan fingerprint density at radius 1 is 1.11 bits per heavy atom. The molecule has 0 spiro atoms. The normalized spacial score (nSPS) is 13.9. The molecule has 1 aromatic carbocycles. The Morgan fingerprint density at radius 2 is 1.83 bits per heavy atom. The molecule has 0 unspecified atom stereocenters. The second-order valence-electron chi connectivity index (χ2n) is 8.96. The van der Waals surface area contributed by atoms with E-state index in [4.69, 9.17) is 11.0 Å². The molecular weight excluding hydrogens is 440 g/mol. The van der Waals surface area contributed by atoms with Crippen LogP contribution >= 0.6 is 0 Å². The lowest BCUT2D eigenvalue weighted by Gasteiger charge is -2.34. The lowest BCUT2D eigenvalue weighted by Crippen LogP contribution is -2.39. The maximum Gasteiger partial charge on any atom is 0.252 e. The van der Waals surface area contributed by atoms with Gasteiger partial charge >= 0.3 is 0 Å². The van der Waals surface area contributed by atoms with E-state index < -0.39 is 5.91 Å². The average Bonchev–Trinajstić information content (AvgIpc) is 2.85.